The summed E-state index contributed by atoms with van der Waals surface area (Å²) >= 11 is 0. The Balaban J connectivity index is 1.71. The molecule has 1 N–H and O–H groups in total. The number of nitro groups is 1. The number of hydrogen-bond acceptors (Lipinski definition) is 6. The molecule has 3 rings (SSSR count). The molecule has 0 saturated heterocycles. The Morgan fingerprint density at radius 2 is 1.74 bits per heavy atom. The number of nitrogens with one attached hydrogen (secondary N) is 1. The fourth-order valence-corrected chi connectivity index (χ4v) is 5.10. The number of benzene rings is 3. The van der Waals surface area contributed by atoms with Crippen LogP contribution in [0, 0.1) is 10.1 Å². The molecule has 0 radical (unpaired) electrons. The van der Waals surface area contributed by atoms with Crippen molar-refractivity contribution in [3.8, 4) is 5.75 Å². The van der Waals surface area contributed by atoms with Gasteiger partial charge in [-0.05, 0) is 41.5 Å². The zero-order valence-electron chi connectivity index (χ0n) is 19.2. The van der Waals surface area contributed by atoms with Crippen LogP contribution in [0.1, 0.15) is 32.4 Å². The first-order chi connectivity index (χ1) is 16.2. The van der Waals surface area contributed by atoms with Crippen molar-refractivity contribution in [3.05, 3.63) is 76.3 Å². The molecular formula is C24H27N3O6S. The molecule has 1 unspecified atom stereocenters. The third-order valence-corrected chi connectivity index (χ3v) is 7.53. The van der Waals surface area contributed by atoms with Crippen molar-refractivity contribution in [1.82, 2.24) is 9.62 Å². The Hall–Kier alpha value is -3.50. The average molecular weight is 486 g/mol. The van der Waals surface area contributed by atoms with E-state index in [4.69, 9.17) is 4.74 Å². The number of sulfonamides is 1. The van der Waals surface area contributed by atoms with Gasteiger partial charge in [-0.1, -0.05) is 50.2 Å². The number of hydrogen-bond donors (Lipinski definition) is 1. The van der Waals surface area contributed by atoms with E-state index in [1.54, 1.807) is 13.8 Å². The molecule has 3 aromatic rings. The first-order valence-electron chi connectivity index (χ1n) is 10.9. The van der Waals surface area contributed by atoms with Crippen LogP contribution in [-0.4, -0.2) is 43.2 Å². The molecule has 1 atom stereocenters. The van der Waals surface area contributed by atoms with E-state index < -0.39 is 33.1 Å². The van der Waals surface area contributed by atoms with Gasteiger partial charge < -0.3 is 10.1 Å². The molecule has 0 aliphatic carbocycles. The number of rotatable bonds is 10. The number of fused-ring (bicyclic) bond motifs is 1. The molecule has 180 valence electrons. The van der Waals surface area contributed by atoms with Gasteiger partial charge in [-0.2, -0.15) is 4.31 Å². The summed E-state index contributed by atoms with van der Waals surface area (Å²) in [5.41, 5.74) is 0.382. The second-order valence-electron chi connectivity index (χ2n) is 7.66. The summed E-state index contributed by atoms with van der Waals surface area (Å²) < 4.78 is 32.0. The highest BCUT2D eigenvalue weighted by molar-refractivity contribution is 7.89. The topological polar surface area (TPSA) is 119 Å². The van der Waals surface area contributed by atoms with Gasteiger partial charge in [0.1, 0.15) is 0 Å². The van der Waals surface area contributed by atoms with Gasteiger partial charge in [0, 0.05) is 19.2 Å². The summed E-state index contributed by atoms with van der Waals surface area (Å²) in [5.74, 6) is -0.646. The van der Waals surface area contributed by atoms with Gasteiger partial charge in [0.25, 0.3) is 5.91 Å². The number of amides is 1. The third-order valence-electron chi connectivity index (χ3n) is 5.48. The maximum Gasteiger partial charge on any atom is 0.312 e. The summed E-state index contributed by atoms with van der Waals surface area (Å²) in [6, 6.07) is 16.9. The summed E-state index contributed by atoms with van der Waals surface area (Å²) in [5, 5.41) is 16.5. The normalized spacial score (nSPS) is 12.5. The highest BCUT2D eigenvalue weighted by Gasteiger charge is 2.26. The van der Waals surface area contributed by atoms with Crippen LogP contribution in [0.2, 0.25) is 0 Å². The van der Waals surface area contributed by atoms with Gasteiger partial charge in [-0.15, -0.1) is 0 Å². The minimum atomic E-state index is -3.87. The van der Waals surface area contributed by atoms with E-state index in [9.17, 15) is 23.3 Å². The summed E-state index contributed by atoms with van der Waals surface area (Å²) in [4.78, 5) is 23.0. The lowest BCUT2D eigenvalue weighted by atomic mass is 10.0. The molecule has 0 heterocycles. The van der Waals surface area contributed by atoms with Gasteiger partial charge in [0.05, 0.1) is 15.9 Å². The van der Waals surface area contributed by atoms with Crippen molar-refractivity contribution in [2.75, 3.05) is 19.7 Å². The van der Waals surface area contributed by atoms with Crippen LogP contribution in [0.5, 0.6) is 5.75 Å². The smallest absolute Gasteiger partial charge is 0.312 e. The molecule has 0 fully saturated rings. The zero-order chi connectivity index (χ0) is 24.9. The van der Waals surface area contributed by atoms with Crippen molar-refractivity contribution >= 4 is 32.4 Å². The molecule has 0 bridgehead atoms. The molecule has 0 aromatic heterocycles. The van der Waals surface area contributed by atoms with Crippen molar-refractivity contribution in [3.63, 3.8) is 0 Å². The van der Waals surface area contributed by atoms with E-state index in [1.807, 2.05) is 49.4 Å². The van der Waals surface area contributed by atoms with E-state index in [0.717, 1.165) is 22.4 Å². The average Bonchev–Trinajstić information content (AvgIpc) is 2.82. The zero-order valence-corrected chi connectivity index (χ0v) is 20.0. The fraction of sp³-hybridized carbons (Fsp3) is 0.292. The molecule has 10 heteroatoms. The SMILES string of the molecule is CCN(CC)S(=O)(=O)c1ccc(OCC(=O)NC(C)c2ccc3ccccc3c2)c([N+](=O)[O-])c1. The minimum absolute atomic E-state index is 0.183. The standard InChI is InChI=1S/C24H27N3O6S/c1-4-26(5-2)34(31,32)21-12-13-23(22(15-21)27(29)30)33-16-24(28)25-17(3)19-11-10-18-8-6-7-9-20(18)14-19/h6-15,17H,4-5,16H2,1-3H3,(H,25,28). The van der Waals surface area contributed by atoms with E-state index in [-0.39, 0.29) is 29.8 Å². The van der Waals surface area contributed by atoms with Crippen LogP contribution in [0.25, 0.3) is 10.8 Å². The number of carbonyl (C=O) groups is 1. The molecule has 3 aromatic carbocycles. The van der Waals surface area contributed by atoms with Gasteiger partial charge >= 0.3 is 5.69 Å². The van der Waals surface area contributed by atoms with E-state index in [2.05, 4.69) is 5.32 Å². The monoisotopic (exact) mass is 485 g/mol. The van der Waals surface area contributed by atoms with Gasteiger partial charge in [-0.3, -0.25) is 14.9 Å². The lowest BCUT2D eigenvalue weighted by Crippen LogP contribution is -2.31. The molecule has 0 saturated carbocycles. The van der Waals surface area contributed by atoms with Crippen LogP contribution in [0.4, 0.5) is 5.69 Å². The number of ether oxygens (including phenoxy) is 1. The fourth-order valence-electron chi connectivity index (χ4n) is 3.62. The minimum Gasteiger partial charge on any atom is -0.477 e. The van der Waals surface area contributed by atoms with Crippen LogP contribution in [0.3, 0.4) is 0 Å². The summed E-state index contributed by atoms with van der Waals surface area (Å²) in [7, 11) is -3.87. The summed E-state index contributed by atoms with van der Waals surface area (Å²) in [6.45, 7) is 5.22. The predicted molar refractivity (Wildman–Crippen MR) is 129 cm³/mol. The highest BCUT2D eigenvalue weighted by atomic mass is 32.2. The first-order valence-corrected chi connectivity index (χ1v) is 12.3. The Labute approximate surface area is 198 Å². The van der Waals surface area contributed by atoms with E-state index in [0.29, 0.717) is 0 Å². The summed E-state index contributed by atoms with van der Waals surface area (Å²) in [6.07, 6.45) is 0. The van der Waals surface area contributed by atoms with Crippen LogP contribution in [-0.2, 0) is 14.8 Å². The second-order valence-corrected chi connectivity index (χ2v) is 9.60. The van der Waals surface area contributed by atoms with Gasteiger partial charge in [-0.25, -0.2) is 8.42 Å². The first kappa shape index (κ1) is 25.1. The Morgan fingerprint density at radius 1 is 1.06 bits per heavy atom. The predicted octanol–water partition coefficient (Wildman–Crippen LogP) is 4.03. The maximum absolute atomic E-state index is 12.7. The van der Waals surface area contributed by atoms with Crippen LogP contribution in [0.15, 0.2) is 65.6 Å². The quantitative estimate of drug-likeness (QED) is 0.342. The molecular weight excluding hydrogens is 458 g/mol. The van der Waals surface area contributed by atoms with Crippen molar-refractivity contribution < 1.29 is 22.9 Å². The molecule has 9 nitrogen and oxygen atoms in total. The molecule has 34 heavy (non-hydrogen) atoms. The number of nitrogens with zero attached hydrogens (tertiary/aromatic N) is 2. The molecule has 0 aliphatic heterocycles. The number of carbonyl (C=O) groups excluding carboxylic acids is 1. The Kier molecular flexibility index (Phi) is 7.85. The lowest BCUT2D eigenvalue weighted by molar-refractivity contribution is -0.386. The maximum atomic E-state index is 12.7. The molecule has 1 amide bonds. The Morgan fingerprint density at radius 3 is 2.38 bits per heavy atom. The van der Waals surface area contributed by atoms with E-state index in [1.165, 1.54) is 16.4 Å². The van der Waals surface area contributed by atoms with Gasteiger partial charge in [0.15, 0.2) is 12.4 Å². The van der Waals surface area contributed by atoms with Crippen molar-refractivity contribution in [2.45, 2.75) is 31.7 Å². The molecule has 0 aliphatic rings. The largest absolute Gasteiger partial charge is 0.477 e. The molecule has 0 spiro atoms. The van der Waals surface area contributed by atoms with Crippen LogP contribution >= 0.6 is 0 Å². The lowest BCUT2D eigenvalue weighted by Gasteiger charge is -2.18. The van der Waals surface area contributed by atoms with Crippen molar-refractivity contribution in [1.29, 1.82) is 0 Å². The third kappa shape index (κ3) is 5.52. The second kappa shape index (κ2) is 10.6. The number of nitro benzene ring substituents is 1. The van der Waals surface area contributed by atoms with E-state index >= 15 is 0 Å². The van der Waals surface area contributed by atoms with Crippen molar-refractivity contribution in [2.24, 2.45) is 0 Å². The Bertz CT molecular complexity index is 1310. The van der Waals surface area contributed by atoms with Gasteiger partial charge in [0.2, 0.25) is 10.0 Å². The van der Waals surface area contributed by atoms with Crippen LogP contribution < -0.4 is 10.1 Å². The highest BCUT2D eigenvalue weighted by Crippen LogP contribution is 2.31.